The van der Waals surface area contributed by atoms with Gasteiger partial charge < -0.3 is 5.32 Å². The molecule has 8 heteroatoms. The lowest BCUT2D eigenvalue weighted by molar-refractivity contribution is 0.247. The summed E-state index contributed by atoms with van der Waals surface area (Å²) in [5.74, 6) is 1.97. The molecule has 1 atom stereocenters. The third kappa shape index (κ3) is 3.59. The molecule has 0 saturated heterocycles. The second kappa shape index (κ2) is 6.38. The first-order valence-electron chi connectivity index (χ1n) is 7.01. The highest BCUT2D eigenvalue weighted by Gasteiger charge is 2.18. The lowest BCUT2D eigenvalue weighted by Crippen LogP contribution is -2.33. The van der Waals surface area contributed by atoms with Crippen molar-refractivity contribution in [2.24, 2.45) is 0 Å². The first kappa shape index (κ1) is 15.0. The van der Waals surface area contributed by atoms with Crippen molar-refractivity contribution in [3.63, 3.8) is 0 Å². The van der Waals surface area contributed by atoms with Gasteiger partial charge in [0.15, 0.2) is 5.82 Å². The second-order valence-corrected chi connectivity index (χ2v) is 5.09. The molecule has 0 saturated carbocycles. The molecule has 0 fully saturated rings. The van der Waals surface area contributed by atoms with Gasteiger partial charge in [-0.1, -0.05) is 6.92 Å². The van der Waals surface area contributed by atoms with Crippen LogP contribution >= 0.6 is 0 Å². The molecule has 8 nitrogen and oxygen atoms in total. The Balaban J connectivity index is 2.01. The van der Waals surface area contributed by atoms with Gasteiger partial charge in [-0.15, -0.1) is 0 Å². The van der Waals surface area contributed by atoms with E-state index in [9.17, 15) is 4.79 Å². The maximum Gasteiger partial charge on any atom is 0.320 e. The van der Waals surface area contributed by atoms with Crippen LogP contribution in [0.3, 0.4) is 0 Å². The van der Waals surface area contributed by atoms with Crippen LogP contribution < -0.4 is 10.6 Å². The molecule has 2 amide bonds. The van der Waals surface area contributed by atoms with Gasteiger partial charge in [-0.25, -0.2) is 14.5 Å². The molecule has 0 aromatic carbocycles. The molecule has 0 radical (unpaired) electrons. The van der Waals surface area contributed by atoms with Crippen molar-refractivity contribution in [3.8, 4) is 0 Å². The number of H-pyrrole nitrogens is 1. The molecule has 0 spiro atoms. The average molecular weight is 291 g/mol. The highest BCUT2D eigenvalue weighted by Crippen LogP contribution is 2.15. The summed E-state index contributed by atoms with van der Waals surface area (Å²) >= 11 is 0. The molecular weight excluding hydrogens is 270 g/mol. The van der Waals surface area contributed by atoms with E-state index in [-0.39, 0.29) is 18.1 Å². The summed E-state index contributed by atoms with van der Waals surface area (Å²) in [6, 6.07) is 1.40. The van der Waals surface area contributed by atoms with Crippen molar-refractivity contribution in [3.05, 3.63) is 23.9 Å². The molecule has 0 bridgehead atoms. The predicted octanol–water partition coefficient (Wildman–Crippen LogP) is 2.16. The molecular formula is C13H21N7O. The molecule has 3 N–H and O–H groups in total. The van der Waals surface area contributed by atoms with Crippen LogP contribution in [0.15, 0.2) is 12.3 Å². The number of anilines is 1. The number of hydrogen-bond acceptors (Lipinski definition) is 4. The van der Waals surface area contributed by atoms with Gasteiger partial charge in [-0.05, 0) is 27.2 Å². The fourth-order valence-corrected chi connectivity index (χ4v) is 2.00. The SMILES string of the molecule is CC[C@@H](NC(=O)Nc1ccnn1C(C)C)c1n[nH]c(C)n1. The van der Waals surface area contributed by atoms with Crippen LogP contribution in [0.25, 0.3) is 0 Å². The first-order chi connectivity index (χ1) is 10.0. The van der Waals surface area contributed by atoms with E-state index < -0.39 is 0 Å². The Kier molecular flexibility index (Phi) is 4.56. The van der Waals surface area contributed by atoms with E-state index >= 15 is 0 Å². The van der Waals surface area contributed by atoms with E-state index in [2.05, 4.69) is 30.9 Å². The summed E-state index contributed by atoms with van der Waals surface area (Å²) in [5.41, 5.74) is 0. The monoisotopic (exact) mass is 291 g/mol. The van der Waals surface area contributed by atoms with E-state index in [0.717, 1.165) is 5.82 Å². The number of aromatic nitrogens is 5. The number of hydrogen-bond donors (Lipinski definition) is 3. The van der Waals surface area contributed by atoms with Crippen molar-refractivity contribution in [1.29, 1.82) is 0 Å². The summed E-state index contributed by atoms with van der Waals surface area (Å²) in [6.07, 6.45) is 2.36. The molecule has 114 valence electrons. The number of carbonyl (C=O) groups is 1. The van der Waals surface area contributed by atoms with Crippen molar-refractivity contribution in [2.45, 2.75) is 46.2 Å². The third-order valence-electron chi connectivity index (χ3n) is 3.04. The smallest absolute Gasteiger partial charge is 0.320 e. The van der Waals surface area contributed by atoms with E-state index in [0.29, 0.717) is 18.1 Å². The van der Waals surface area contributed by atoms with E-state index in [1.165, 1.54) is 0 Å². The van der Waals surface area contributed by atoms with Gasteiger partial charge in [0.2, 0.25) is 0 Å². The van der Waals surface area contributed by atoms with Gasteiger partial charge in [0.25, 0.3) is 0 Å². The molecule has 0 unspecified atom stereocenters. The number of nitrogens with one attached hydrogen (secondary N) is 3. The van der Waals surface area contributed by atoms with E-state index in [1.807, 2.05) is 27.7 Å². The normalized spacial score (nSPS) is 12.4. The molecule has 0 aliphatic heterocycles. The highest BCUT2D eigenvalue weighted by molar-refractivity contribution is 5.88. The Labute approximate surface area is 123 Å². The summed E-state index contributed by atoms with van der Waals surface area (Å²) in [5, 5.41) is 16.7. The van der Waals surface area contributed by atoms with Crippen LogP contribution in [0.1, 0.15) is 50.9 Å². The molecule has 2 heterocycles. The summed E-state index contributed by atoms with van der Waals surface area (Å²) < 4.78 is 1.75. The number of aryl methyl sites for hydroxylation is 1. The number of carbonyl (C=O) groups excluding carboxylic acids is 1. The standard InChI is InChI=1S/C13H21N7O/c1-5-10(12-15-9(4)18-19-12)16-13(21)17-11-6-7-14-20(11)8(2)3/h6-8,10H,5H2,1-4H3,(H,15,18,19)(H2,16,17,21)/t10-/m1/s1. The summed E-state index contributed by atoms with van der Waals surface area (Å²) in [4.78, 5) is 16.4. The minimum absolute atomic E-state index is 0.174. The zero-order valence-corrected chi connectivity index (χ0v) is 12.7. The van der Waals surface area contributed by atoms with Crippen LogP contribution in [-0.2, 0) is 0 Å². The number of amides is 2. The lowest BCUT2D eigenvalue weighted by atomic mass is 10.2. The van der Waals surface area contributed by atoms with Gasteiger partial charge in [0.05, 0.1) is 12.2 Å². The maximum atomic E-state index is 12.1. The molecule has 0 aliphatic rings. The number of nitrogens with zero attached hydrogens (tertiary/aromatic N) is 4. The summed E-state index contributed by atoms with van der Waals surface area (Å²) in [7, 11) is 0. The van der Waals surface area contributed by atoms with E-state index in [1.54, 1.807) is 16.9 Å². The maximum absolute atomic E-state index is 12.1. The fourth-order valence-electron chi connectivity index (χ4n) is 2.00. The predicted molar refractivity (Wildman–Crippen MR) is 78.9 cm³/mol. The van der Waals surface area contributed by atoms with Crippen LogP contribution in [0.5, 0.6) is 0 Å². The zero-order valence-electron chi connectivity index (χ0n) is 12.7. The minimum Gasteiger partial charge on any atom is -0.328 e. The fraction of sp³-hybridized carbons (Fsp3) is 0.538. The zero-order chi connectivity index (χ0) is 15.4. The highest BCUT2D eigenvalue weighted by atomic mass is 16.2. The van der Waals surface area contributed by atoms with Gasteiger partial charge >= 0.3 is 6.03 Å². The Hall–Kier alpha value is -2.38. The third-order valence-corrected chi connectivity index (χ3v) is 3.04. The first-order valence-corrected chi connectivity index (χ1v) is 7.01. The van der Waals surface area contributed by atoms with Gasteiger partial charge in [-0.2, -0.15) is 10.2 Å². The molecule has 2 rings (SSSR count). The average Bonchev–Trinajstić information content (AvgIpc) is 3.05. The molecule has 0 aliphatic carbocycles. The molecule has 21 heavy (non-hydrogen) atoms. The number of urea groups is 1. The Morgan fingerprint density at radius 2 is 2.24 bits per heavy atom. The molecule has 2 aromatic rings. The van der Waals surface area contributed by atoms with Gasteiger partial charge in [0.1, 0.15) is 11.6 Å². The minimum atomic E-state index is -0.299. The molecule has 2 aromatic heterocycles. The van der Waals surface area contributed by atoms with Gasteiger partial charge in [0, 0.05) is 12.1 Å². The van der Waals surface area contributed by atoms with Crippen LogP contribution in [0, 0.1) is 6.92 Å². The van der Waals surface area contributed by atoms with Crippen LogP contribution in [0.2, 0.25) is 0 Å². The number of aromatic amines is 1. The lowest BCUT2D eigenvalue weighted by Gasteiger charge is -2.16. The second-order valence-electron chi connectivity index (χ2n) is 5.09. The van der Waals surface area contributed by atoms with Gasteiger partial charge in [-0.3, -0.25) is 10.4 Å². The summed E-state index contributed by atoms with van der Waals surface area (Å²) in [6.45, 7) is 7.79. The Bertz CT molecular complexity index is 601. The van der Waals surface area contributed by atoms with Crippen molar-refractivity contribution >= 4 is 11.8 Å². The van der Waals surface area contributed by atoms with Crippen LogP contribution in [0.4, 0.5) is 10.6 Å². The topological polar surface area (TPSA) is 101 Å². The Morgan fingerprint density at radius 1 is 1.48 bits per heavy atom. The van der Waals surface area contributed by atoms with Crippen LogP contribution in [-0.4, -0.2) is 31.0 Å². The van der Waals surface area contributed by atoms with Crippen molar-refractivity contribution in [1.82, 2.24) is 30.3 Å². The van der Waals surface area contributed by atoms with Crippen molar-refractivity contribution < 1.29 is 4.79 Å². The largest absolute Gasteiger partial charge is 0.328 e. The Morgan fingerprint density at radius 3 is 2.81 bits per heavy atom. The quantitative estimate of drug-likeness (QED) is 0.785. The van der Waals surface area contributed by atoms with E-state index in [4.69, 9.17) is 0 Å². The number of rotatable bonds is 5. The van der Waals surface area contributed by atoms with Crippen molar-refractivity contribution in [2.75, 3.05) is 5.32 Å².